The van der Waals surface area contributed by atoms with E-state index in [9.17, 15) is 4.79 Å². The number of nitrogens with zero attached hydrogens (tertiary/aromatic N) is 1. The van der Waals surface area contributed by atoms with Crippen molar-refractivity contribution >= 4 is 11.5 Å². The number of nitriles is 1. The average Bonchev–Trinajstić information content (AvgIpc) is 2.17. The quantitative estimate of drug-likeness (QED) is 0.580. The van der Waals surface area contributed by atoms with Gasteiger partial charge in [-0.1, -0.05) is 12.1 Å². The van der Waals surface area contributed by atoms with Gasteiger partial charge in [0.1, 0.15) is 0 Å². The van der Waals surface area contributed by atoms with Gasteiger partial charge in [-0.3, -0.25) is 4.79 Å². The van der Waals surface area contributed by atoms with E-state index in [2.05, 4.69) is 0 Å². The highest BCUT2D eigenvalue weighted by Crippen LogP contribution is 2.06. The van der Waals surface area contributed by atoms with Crippen molar-refractivity contribution in [3.8, 4) is 6.07 Å². The standard InChI is InChI=1S/C11H10N2O/c1-8(13)6-11(14)10-4-2-9(7-12)3-5-10/h2-5,13H,6H2,1H3. The Hall–Kier alpha value is -1.95. The summed E-state index contributed by atoms with van der Waals surface area (Å²) in [6.45, 7) is 1.60. The van der Waals surface area contributed by atoms with Crippen molar-refractivity contribution in [2.75, 3.05) is 0 Å². The predicted molar refractivity (Wildman–Crippen MR) is 53.5 cm³/mol. The predicted octanol–water partition coefficient (Wildman–Crippen LogP) is 2.17. The first-order valence-corrected chi connectivity index (χ1v) is 4.21. The molecule has 0 aliphatic rings. The molecule has 1 aromatic carbocycles. The minimum absolute atomic E-state index is 0.0815. The van der Waals surface area contributed by atoms with E-state index < -0.39 is 0 Å². The molecule has 0 aliphatic carbocycles. The van der Waals surface area contributed by atoms with Crippen LogP contribution in [0.15, 0.2) is 24.3 Å². The summed E-state index contributed by atoms with van der Waals surface area (Å²) in [7, 11) is 0. The first-order chi connectivity index (χ1) is 6.63. The van der Waals surface area contributed by atoms with Gasteiger partial charge in [0.05, 0.1) is 11.6 Å². The highest BCUT2D eigenvalue weighted by atomic mass is 16.1. The van der Waals surface area contributed by atoms with Crippen LogP contribution in [0.4, 0.5) is 0 Å². The first-order valence-electron chi connectivity index (χ1n) is 4.21. The third-order valence-electron chi connectivity index (χ3n) is 1.76. The topological polar surface area (TPSA) is 64.7 Å². The summed E-state index contributed by atoms with van der Waals surface area (Å²) < 4.78 is 0. The molecule has 0 bridgehead atoms. The van der Waals surface area contributed by atoms with Crippen molar-refractivity contribution in [1.82, 2.24) is 0 Å². The van der Waals surface area contributed by atoms with Crippen LogP contribution < -0.4 is 0 Å². The van der Waals surface area contributed by atoms with E-state index in [4.69, 9.17) is 10.7 Å². The number of Topliss-reactive ketones (excluding diaryl/α,β-unsaturated/α-hetero) is 1. The van der Waals surface area contributed by atoms with Crippen LogP contribution in [-0.2, 0) is 0 Å². The van der Waals surface area contributed by atoms with E-state index in [0.717, 1.165) is 0 Å². The minimum Gasteiger partial charge on any atom is -0.310 e. The van der Waals surface area contributed by atoms with Gasteiger partial charge in [-0.25, -0.2) is 0 Å². The Balaban J connectivity index is 2.83. The second-order valence-electron chi connectivity index (χ2n) is 3.07. The molecule has 0 amide bonds. The van der Waals surface area contributed by atoms with E-state index in [0.29, 0.717) is 16.8 Å². The molecule has 0 saturated heterocycles. The molecule has 0 saturated carbocycles. The molecule has 1 aromatic rings. The molecule has 0 fully saturated rings. The lowest BCUT2D eigenvalue weighted by atomic mass is 10.0. The van der Waals surface area contributed by atoms with Crippen molar-refractivity contribution in [1.29, 1.82) is 10.7 Å². The summed E-state index contributed by atoms with van der Waals surface area (Å²) in [6, 6.07) is 8.42. The van der Waals surface area contributed by atoms with Gasteiger partial charge < -0.3 is 5.41 Å². The van der Waals surface area contributed by atoms with Gasteiger partial charge in [-0.15, -0.1) is 0 Å². The molecule has 3 nitrogen and oxygen atoms in total. The molecule has 0 spiro atoms. The van der Waals surface area contributed by atoms with Crippen LogP contribution >= 0.6 is 0 Å². The number of carbonyl (C=O) groups excluding carboxylic acids is 1. The molecule has 0 atom stereocenters. The number of benzene rings is 1. The summed E-state index contributed by atoms with van der Waals surface area (Å²) in [5.41, 5.74) is 1.43. The zero-order chi connectivity index (χ0) is 10.6. The highest BCUT2D eigenvalue weighted by Gasteiger charge is 2.05. The molecule has 70 valence electrons. The molecule has 14 heavy (non-hydrogen) atoms. The van der Waals surface area contributed by atoms with Gasteiger partial charge in [-0.05, 0) is 19.1 Å². The van der Waals surface area contributed by atoms with Crippen LogP contribution in [0.25, 0.3) is 0 Å². The Morgan fingerprint density at radius 1 is 1.43 bits per heavy atom. The Morgan fingerprint density at radius 2 is 2.00 bits per heavy atom. The van der Waals surface area contributed by atoms with Crippen LogP contribution in [-0.4, -0.2) is 11.5 Å². The second-order valence-corrected chi connectivity index (χ2v) is 3.07. The lowest BCUT2D eigenvalue weighted by Gasteiger charge is -1.98. The number of ketones is 1. The van der Waals surface area contributed by atoms with Crippen LogP contribution in [0.2, 0.25) is 0 Å². The number of hydrogen-bond acceptors (Lipinski definition) is 3. The number of hydrogen-bond donors (Lipinski definition) is 1. The first kappa shape index (κ1) is 10.1. The fraction of sp³-hybridized carbons (Fsp3) is 0.182. The van der Waals surface area contributed by atoms with E-state index in [-0.39, 0.29) is 12.2 Å². The molecule has 0 aromatic heterocycles. The zero-order valence-corrected chi connectivity index (χ0v) is 7.87. The fourth-order valence-electron chi connectivity index (χ4n) is 1.07. The number of rotatable bonds is 3. The van der Waals surface area contributed by atoms with Crippen molar-refractivity contribution in [3.05, 3.63) is 35.4 Å². The molecule has 0 unspecified atom stereocenters. The summed E-state index contributed by atoms with van der Waals surface area (Å²) in [5, 5.41) is 15.7. The maximum absolute atomic E-state index is 11.4. The second kappa shape index (κ2) is 4.33. The van der Waals surface area contributed by atoms with Crippen LogP contribution in [0, 0.1) is 16.7 Å². The summed E-state index contributed by atoms with van der Waals surface area (Å²) in [4.78, 5) is 11.4. The normalized spacial score (nSPS) is 9.14. The Kier molecular flexibility index (Phi) is 3.14. The molecule has 3 heteroatoms. The van der Waals surface area contributed by atoms with Crippen molar-refractivity contribution in [2.45, 2.75) is 13.3 Å². The molecule has 1 rings (SSSR count). The smallest absolute Gasteiger partial charge is 0.168 e. The molecule has 0 radical (unpaired) electrons. The Morgan fingerprint density at radius 3 is 2.43 bits per heavy atom. The van der Waals surface area contributed by atoms with Crippen molar-refractivity contribution < 1.29 is 4.79 Å². The Labute approximate surface area is 82.5 Å². The van der Waals surface area contributed by atoms with Crippen molar-refractivity contribution in [2.24, 2.45) is 0 Å². The van der Waals surface area contributed by atoms with Gasteiger partial charge in [-0.2, -0.15) is 5.26 Å². The van der Waals surface area contributed by atoms with Gasteiger partial charge in [0, 0.05) is 17.7 Å². The van der Waals surface area contributed by atoms with Gasteiger partial charge >= 0.3 is 0 Å². The highest BCUT2D eigenvalue weighted by molar-refractivity contribution is 6.08. The van der Waals surface area contributed by atoms with Crippen molar-refractivity contribution in [3.63, 3.8) is 0 Å². The van der Waals surface area contributed by atoms with Crippen LogP contribution in [0.5, 0.6) is 0 Å². The third-order valence-corrected chi connectivity index (χ3v) is 1.76. The number of carbonyl (C=O) groups is 1. The fourth-order valence-corrected chi connectivity index (χ4v) is 1.07. The lowest BCUT2D eigenvalue weighted by molar-refractivity contribution is 0.100. The average molecular weight is 186 g/mol. The lowest BCUT2D eigenvalue weighted by Crippen LogP contribution is -2.03. The largest absolute Gasteiger partial charge is 0.310 e. The van der Waals surface area contributed by atoms with E-state index in [1.54, 1.807) is 31.2 Å². The van der Waals surface area contributed by atoms with Crippen LogP contribution in [0.3, 0.4) is 0 Å². The molecule has 1 N–H and O–H groups in total. The molecule has 0 heterocycles. The van der Waals surface area contributed by atoms with E-state index >= 15 is 0 Å². The van der Waals surface area contributed by atoms with Crippen LogP contribution in [0.1, 0.15) is 29.3 Å². The molecular formula is C11H10N2O. The monoisotopic (exact) mass is 186 g/mol. The van der Waals surface area contributed by atoms with Gasteiger partial charge in [0.2, 0.25) is 0 Å². The van der Waals surface area contributed by atoms with E-state index in [1.165, 1.54) is 0 Å². The zero-order valence-electron chi connectivity index (χ0n) is 7.87. The SMILES string of the molecule is CC(=N)CC(=O)c1ccc(C#N)cc1. The maximum atomic E-state index is 11.4. The summed E-state index contributed by atoms with van der Waals surface area (Å²) in [5.74, 6) is -0.0815. The third kappa shape index (κ3) is 2.53. The van der Waals surface area contributed by atoms with E-state index in [1.807, 2.05) is 6.07 Å². The maximum Gasteiger partial charge on any atom is 0.168 e. The minimum atomic E-state index is -0.0815. The number of nitrogens with one attached hydrogen (secondary N) is 1. The Bertz CT molecular complexity index is 398. The van der Waals surface area contributed by atoms with Gasteiger partial charge in [0.25, 0.3) is 0 Å². The molecule has 0 aliphatic heterocycles. The molecular weight excluding hydrogens is 176 g/mol. The van der Waals surface area contributed by atoms with Gasteiger partial charge in [0.15, 0.2) is 5.78 Å². The summed E-state index contributed by atoms with van der Waals surface area (Å²) >= 11 is 0. The summed E-state index contributed by atoms with van der Waals surface area (Å²) in [6.07, 6.45) is 0.145.